The fourth-order valence-corrected chi connectivity index (χ4v) is 2.77. The number of nitrogens with one attached hydrogen (secondary N) is 1. The first kappa shape index (κ1) is 13.9. The molecule has 0 saturated carbocycles. The number of rotatable bonds is 4. The van der Waals surface area contributed by atoms with Crippen LogP contribution in [-0.4, -0.2) is 23.5 Å². The Kier molecular flexibility index (Phi) is 5.67. The van der Waals surface area contributed by atoms with Gasteiger partial charge in [0.05, 0.1) is 0 Å². The van der Waals surface area contributed by atoms with Gasteiger partial charge in [-0.2, -0.15) is 0 Å². The van der Waals surface area contributed by atoms with Crippen molar-refractivity contribution in [1.82, 2.24) is 5.32 Å². The predicted octanol–water partition coefficient (Wildman–Crippen LogP) is 3.67. The van der Waals surface area contributed by atoms with Crippen molar-refractivity contribution in [1.29, 1.82) is 0 Å². The van der Waals surface area contributed by atoms with E-state index in [2.05, 4.69) is 38.0 Å². The van der Waals surface area contributed by atoms with E-state index >= 15 is 0 Å². The highest BCUT2D eigenvalue weighted by Gasteiger charge is 2.28. The molecule has 1 aliphatic heterocycles. The number of amidine groups is 1. The normalized spacial score (nSPS) is 24.5. The first-order valence-corrected chi connectivity index (χ1v) is 7.46. The Labute approximate surface area is 105 Å². The molecule has 1 N–H and O–H groups in total. The molecular formula is C13H26N2S. The zero-order chi connectivity index (χ0) is 12.0. The van der Waals surface area contributed by atoms with Gasteiger partial charge in [-0.15, -0.1) is 0 Å². The lowest BCUT2D eigenvalue weighted by atomic mass is 9.85. The molecule has 1 aliphatic rings. The van der Waals surface area contributed by atoms with Crippen molar-refractivity contribution in [3.05, 3.63) is 0 Å². The van der Waals surface area contributed by atoms with Crippen LogP contribution in [0.15, 0.2) is 4.99 Å². The summed E-state index contributed by atoms with van der Waals surface area (Å²) in [6.07, 6.45) is 5.05. The van der Waals surface area contributed by atoms with Crippen molar-refractivity contribution in [2.24, 2.45) is 10.4 Å². The van der Waals surface area contributed by atoms with Gasteiger partial charge in [-0.3, -0.25) is 4.99 Å². The fraction of sp³-hybridized carbons (Fsp3) is 0.923. The lowest BCUT2D eigenvalue weighted by Crippen LogP contribution is -2.46. The largest absolute Gasteiger partial charge is 0.362 e. The van der Waals surface area contributed by atoms with Crippen LogP contribution in [0.5, 0.6) is 0 Å². The Morgan fingerprint density at radius 1 is 1.38 bits per heavy atom. The average molecular weight is 242 g/mol. The Bertz CT molecular complexity index is 231. The second-order valence-electron chi connectivity index (χ2n) is 5.59. The summed E-state index contributed by atoms with van der Waals surface area (Å²) in [6, 6.07) is 0.582. The van der Waals surface area contributed by atoms with Gasteiger partial charge in [0.15, 0.2) is 5.17 Å². The van der Waals surface area contributed by atoms with E-state index in [0.29, 0.717) is 11.5 Å². The van der Waals surface area contributed by atoms with Crippen molar-refractivity contribution in [3.63, 3.8) is 0 Å². The minimum atomic E-state index is 0.338. The second-order valence-corrected chi connectivity index (χ2v) is 6.68. The van der Waals surface area contributed by atoms with E-state index in [1.807, 2.05) is 11.8 Å². The molecule has 1 rings (SSSR count). The Morgan fingerprint density at radius 2 is 2.12 bits per heavy atom. The fourth-order valence-electron chi connectivity index (χ4n) is 1.82. The highest BCUT2D eigenvalue weighted by molar-refractivity contribution is 8.13. The lowest BCUT2D eigenvalue weighted by molar-refractivity contribution is 0.290. The van der Waals surface area contributed by atoms with Crippen LogP contribution in [0.2, 0.25) is 0 Å². The van der Waals surface area contributed by atoms with Gasteiger partial charge >= 0.3 is 0 Å². The maximum atomic E-state index is 4.65. The highest BCUT2D eigenvalue weighted by atomic mass is 32.2. The molecule has 0 aromatic carbocycles. The molecule has 0 bridgehead atoms. The van der Waals surface area contributed by atoms with Gasteiger partial charge in [0.25, 0.3) is 0 Å². The van der Waals surface area contributed by atoms with Crippen molar-refractivity contribution < 1.29 is 0 Å². The summed E-state index contributed by atoms with van der Waals surface area (Å²) in [7, 11) is 0. The molecule has 2 nitrogen and oxygen atoms in total. The lowest BCUT2D eigenvalue weighted by Gasteiger charge is -2.35. The maximum Gasteiger partial charge on any atom is 0.156 e. The third-order valence-corrected chi connectivity index (χ3v) is 3.97. The SMILES string of the molecule is CCCCCN=C1NC(C(C)(C)C)CCS1. The summed E-state index contributed by atoms with van der Waals surface area (Å²) in [6.45, 7) is 10.1. The smallest absolute Gasteiger partial charge is 0.156 e. The zero-order valence-electron chi connectivity index (χ0n) is 11.2. The zero-order valence-corrected chi connectivity index (χ0v) is 12.0. The molecule has 0 spiro atoms. The molecule has 1 heterocycles. The number of thioether (sulfide) groups is 1. The summed E-state index contributed by atoms with van der Waals surface area (Å²) < 4.78 is 0. The van der Waals surface area contributed by atoms with Crippen LogP contribution in [-0.2, 0) is 0 Å². The van der Waals surface area contributed by atoms with Gasteiger partial charge in [-0.1, -0.05) is 52.3 Å². The summed E-state index contributed by atoms with van der Waals surface area (Å²) >= 11 is 1.88. The van der Waals surface area contributed by atoms with E-state index in [1.54, 1.807) is 0 Å². The van der Waals surface area contributed by atoms with Gasteiger partial charge < -0.3 is 5.32 Å². The van der Waals surface area contributed by atoms with Crippen molar-refractivity contribution in [2.75, 3.05) is 12.3 Å². The number of hydrogen-bond donors (Lipinski definition) is 1. The van der Waals surface area contributed by atoms with E-state index in [-0.39, 0.29) is 0 Å². The number of aliphatic imine (C=N–C) groups is 1. The second kappa shape index (κ2) is 6.53. The molecule has 1 atom stereocenters. The van der Waals surface area contributed by atoms with Crippen LogP contribution < -0.4 is 5.32 Å². The minimum Gasteiger partial charge on any atom is -0.362 e. The van der Waals surface area contributed by atoms with Crippen molar-refractivity contribution in [3.8, 4) is 0 Å². The quantitative estimate of drug-likeness (QED) is 0.761. The molecule has 0 amide bonds. The minimum absolute atomic E-state index is 0.338. The molecular weight excluding hydrogens is 216 g/mol. The Hall–Kier alpha value is -0.180. The number of nitrogens with zero attached hydrogens (tertiary/aromatic N) is 1. The van der Waals surface area contributed by atoms with E-state index in [4.69, 9.17) is 0 Å². The molecule has 3 heteroatoms. The topological polar surface area (TPSA) is 24.4 Å². The van der Waals surface area contributed by atoms with Crippen LogP contribution >= 0.6 is 11.8 Å². The Morgan fingerprint density at radius 3 is 2.75 bits per heavy atom. The third kappa shape index (κ3) is 4.77. The molecule has 0 aromatic rings. The third-order valence-electron chi connectivity index (χ3n) is 3.01. The van der Waals surface area contributed by atoms with Crippen LogP contribution in [0, 0.1) is 5.41 Å². The van der Waals surface area contributed by atoms with Gasteiger partial charge in [0.2, 0.25) is 0 Å². The van der Waals surface area contributed by atoms with Crippen LogP contribution in [0.4, 0.5) is 0 Å². The summed E-state index contributed by atoms with van der Waals surface area (Å²) in [5.41, 5.74) is 0.338. The maximum absolute atomic E-state index is 4.65. The summed E-state index contributed by atoms with van der Waals surface area (Å²) in [5.74, 6) is 1.21. The van der Waals surface area contributed by atoms with Crippen LogP contribution in [0.25, 0.3) is 0 Å². The van der Waals surface area contributed by atoms with E-state index in [1.165, 1.54) is 36.6 Å². The summed E-state index contributed by atoms with van der Waals surface area (Å²) in [4.78, 5) is 4.65. The molecule has 0 aromatic heterocycles. The van der Waals surface area contributed by atoms with Crippen LogP contribution in [0.3, 0.4) is 0 Å². The number of unbranched alkanes of at least 4 members (excludes halogenated alkanes) is 2. The standard InChI is InChI=1S/C13H26N2S/c1-5-6-7-9-14-12-15-11(8-10-16-12)13(2,3)4/h11H,5-10H2,1-4H3,(H,14,15). The molecule has 0 radical (unpaired) electrons. The highest BCUT2D eigenvalue weighted by Crippen LogP contribution is 2.27. The predicted molar refractivity (Wildman–Crippen MR) is 75.3 cm³/mol. The van der Waals surface area contributed by atoms with Gasteiger partial charge in [0, 0.05) is 18.3 Å². The van der Waals surface area contributed by atoms with Crippen LogP contribution in [0.1, 0.15) is 53.4 Å². The monoisotopic (exact) mass is 242 g/mol. The van der Waals surface area contributed by atoms with E-state index < -0.39 is 0 Å². The first-order chi connectivity index (χ1) is 7.54. The molecule has 0 aliphatic carbocycles. The van der Waals surface area contributed by atoms with E-state index in [9.17, 15) is 0 Å². The molecule has 1 fully saturated rings. The molecule has 1 unspecified atom stereocenters. The number of hydrogen-bond acceptors (Lipinski definition) is 2. The molecule has 94 valence electrons. The first-order valence-electron chi connectivity index (χ1n) is 6.48. The van der Waals surface area contributed by atoms with E-state index in [0.717, 1.165) is 6.54 Å². The van der Waals surface area contributed by atoms with Crippen molar-refractivity contribution in [2.45, 2.75) is 59.4 Å². The van der Waals surface area contributed by atoms with Gasteiger partial charge in [-0.25, -0.2) is 0 Å². The van der Waals surface area contributed by atoms with Gasteiger partial charge in [-0.05, 0) is 18.3 Å². The molecule has 16 heavy (non-hydrogen) atoms. The Balaban J connectivity index is 2.38. The summed E-state index contributed by atoms with van der Waals surface area (Å²) in [5, 5.41) is 4.75. The molecule has 1 saturated heterocycles. The average Bonchev–Trinajstić information content (AvgIpc) is 2.24. The van der Waals surface area contributed by atoms with Crippen molar-refractivity contribution >= 4 is 16.9 Å². The van der Waals surface area contributed by atoms with Gasteiger partial charge in [0.1, 0.15) is 0 Å².